The van der Waals surface area contributed by atoms with Gasteiger partial charge in [0.25, 0.3) is 11.5 Å². The molecule has 1 amide bonds. The fourth-order valence-electron chi connectivity index (χ4n) is 2.85. The number of anilines is 1. The van der Waals surface area contributed by atoms with Gasteiger partial charge >= 0.3 is 5.97 Å². The Morgan fingerprint density at radius 3 is 2.57 bits per heavy atom. The minimum atomic E-state index is -0.684. The first-order valence-corrected chi connectivity index (χ1v) is 9.49. The Morgan fingerprint density at radius 2 is 1.87 bits per heavy atom. The minimum absolute atomic E-state index is 0.136. The molecule has 0 fully saturated rings. The van der Waals surface area contributed by atoms with Crippen LogP contribution < -0.4 is 10.9 Å². The molecule has 0 saturated heterocycles. The van der Waals surface area contributed by atoms with Gasteiger partial charge in [-0.05, 0) is 42.8 Å². The predicted octanol–water partition coefficient (Wildman–Crippen LogP) is 3.33. The molecule has 0 radical (unpaired) electrons. The van der Waals surface area contributed by atoms with Crippen LogP contribution in [-0.2, 0) is 21.4 Å². The lowest BCUT2D eigenvalue weighted by Crippen LogP contribution is -2.25. The van der Waals surface area contributed by atoms with Gasteiger partial charge in [-0.3, -0.25) is 14.3 Å². The Bertz CT molecular complexity index is 1160. The standard InChI is InChI=1S/C22H20ClN3O4/c1-15-21(22(29)26(25(15)2)18-9-4-3-5-10-18)24-19(27)14-30-20(28)12-11-16-7-6-8-17(23)13-16/h3-13H,14H2,1-2H3,(H,24,27). The molecule has 0 unspecified atom stereocenters. The zero-order valence-corrected chi connectivity index (χ0v) is 17.2. The van der Waals surface area contributed by atoms with E-state index in [4.69, 9.17) is 16.3 Å². The van der Waals surface area contributed by atoms with Crippen LogP contribution in [0.2, 0.25) is 5.02 Å². The second-order valence-electron chi connectivity index (χ2n) is 6.48. The van der Waals surface area contributed by atoms with Crippen LogP contribution in [0.5, 0.6) is 0 Å². The molecule has 3 aromatic rings. The first-order chi connectivity index (χ1) is 14.4. The quantitative estimate of drug-likeness (QED) is 0.485. The molecular formula is C22H20ClN3O4. The summed E-state index contributed by atoms with van der Waals surface area (Å²) in [5.74, 6) is -1.29. The number of esters is 1. The number of ether oxygens (including phenoxy) is 1. The van der Waals surface area contributed by atoms with Crippen LogP contribution in [0.4, 0.5) is 5.69 Å². The number of hydrogen-bond donors (Lipinski definition) is 1. The van der Waals surface area contributed by atoms with E-state index in [1.54, 1.807) is 55.1 Å². The van der Waals surface area contributed by atoms with Gasteiger partial charge in [-0.1, -0.05) is 41.9 Å². The lowest BCUT2D eigenvalue weighted by Gasteiger charge is -2.07. The molecule has 8 heteroatoms. The monoisotopic (exact) mass is 425 g/mol. The van der Waals surface area contributed by atoms with Crippen molar-refractivity contribution in [1.82, 2.24) is 9.36 Å². The molecule has 0 spiro atoms. The SMILES string of the molecule is Cc1c(NC(=O)COC(=O)C=Cc2cccc(Cl)c2)c(=O)n(-c2ccccc2)n1C. The Hall–Kier alpha value is -3.58. The maximum Gasteiger partial charge on any atom is 0.331 e. The normalized spacial score (nSPS) is 10.9. The Morgan fingerprint density at radius 1 is 1.13 bits per heavy atom. The molecule has 0 aliphatic carbocycles. The molecular weight excluding hydrogens is 406 g/mol. The summed E-state index contributed by atoms with van der Waals surface area (Å²) in [6, 6.07) is 16.0. The summed E-state index contributed by atoms with van der Waals surface area (Å²) >= 11 is 5.89. The van der Waals surface area contributed by atoms with Crippen molar-refractivity contribution in [3.8, 4) is 5.69 Å². The average molecular weight is 426 g/mol. The average Bonchev–Trinajstić information content (AvgIpc) is 2.94. The fraction of sp³-hybridized carbons (Fsp3) is 0.136. The third kappa shape index (κ3) is 4.87. The molecule has 1 aromatic heterocycles. The minimum Gasteiger partial charge on any atom is -0.452 e. The number of rotatable bonds is 6. The number of nitrogens with one attached hydrogen (secondary N) is 1. The largest absolute Gasteiger partial charge is 0.452 e. The van der Waals surface area contributed by atoms with Crippen LogP contribution in [0, 0.1) is 6.92 Å². The molecule has 0 atom stereocenters. The van der Waals surface area contributed by atoms with Crippen molar-refractivity contribution in [2.45, 2.75) is 6.92 Å². The molecule has 0 bridgehead atoms. The van der Waals surface area contributed by atoms with Crippen molar-refractivity contribution in [3.63, 3.8) is 0 Å². The highest BCUT2D eigenvalue weighted by atomic mass is 35.5. The van der Waals surface area contributed by atoms with E-state index in [9.17, 15) is 14.4 Å². The molecule has 0 aliphatic rings. The second kappa shape index (κ2) is 9.28. The second-order valence-corrected chi connectivity index (χ2v) is 6.92. The summed E-state index contributed by atoms with van der Waals surface area (Å²) in [5.41, 5.74) is 1.74. The topological polar surface area (TPSA) is 82.3 Å². The van der Waals surface area contributed by atoms with Crippen molar-refractivity contribution >= 4 is 35.2 Å². The van der Waals surface area contributed by atoms with Crippen LogP contribution in [0.1, 0.15) is 11.3 Å². The smallest absolute Gasteiger partial charge is 0.331 e. The molecule has 7 nitrogen and oxygen atoms in total. The molecule has 30 heavy (non-hydrogen) atoms. The number of halogens is 1. The number of carbonyl (C=O) groups excluding carboxylic acids is 2. The maximum absolute atomic E-state index is 12.8. The molecule has 0 saturated carbocycles. The first kappa shape index (κ1) is 21.1. The summed E-state index contributed by atoms with van der Waals surface area (Å²) in [4.78, 5) is 36.8. The van der Waals surface area contributed by atoms with Gasteiger partial charge in [-0.2, -0.15) is 0 Å². The summed E-state index contributed by atoms with van der Waals surface area (Å²) in [6.07, 6.45) is 2.74. The van der Waals surface area contributed by atoms with Gasteiger partial charge in [0.2, 0.25) is 0 Å². The summed E-state index contributed by atoms with van der Waals surface area (Å²) in [5, 5.41) is 3.08. The Labute approximate surface area is 178 Å². The summed E-state index contributed by atoms with van der Waals surface area (Å²) in [6.45, 7) is 1.20. The summed E-state index contributed by atoms with van der Waals surface area (Å²) in [7, 11) is 1.72. The lowest BCUT2D eigenvalue weighted by molar-refractivity contribution is -0.142. The molecule has 0 aliphatic heterocycles. The van der Waals surface area contributed by atoms with E-state index in [1.807, 2.05) is 18.2 Å². The number of para-hydroxylation sites is 1. The number of aromatic nitrogens is 2. The van der Waals surface area contributed by atoms with Crippen molar-refractivity contribution in [1.29, 1.82) is 0 Å². The fourth-order valence-corrected chi connectivity index (χ4v) is 3.05. The highest BCUT2D eigenvalue weighted by Crippen LogP contribution is 2.14. The Balaban J connectivity index is 1.64. The number of hydrogen-bond acceptors (Lipinski definition) is 4. The van der Waals surface area contributed by atoms with Crippen LogP contribution in [-0.4, -0.2) is 27.8 Å². The first-order valence-electron chi connectivity index (χ1n) is 9.11. The maximum atomic E-state index is 12.8. The van der Waals surface area contributed by atoms with Crippen molar-refractivity contribution in [2.75, 3.05) is 11.9 Å². The molecule has 1 heterocycles. The summed E-state index contributed by atoms with van der Waals surface area (Å²) < 4.78 is 8.04. The van der Waals surface area contributed by atoms with Gasteiger partial charge < -0.3 is 10.1 Å². The van der Waals surface area contributed by atoms with Gasteiger partial charge in [0.1, 0.15) is 5.69 Å². The highest BCUT2D eigenvalue weighted by molar-refractivity contribution is 6.30. The third-order valence-electron chi connectivity index (χ3n) is 4.42. The molecule has 3 rings (SSSR count). The molecule has 154 valence electrons. The zero-order chi connectivity index (χ0) is 21.7. The van der Waals surface area contributed by atoms with E-state index >= 15 is 0 Å². The van der Waals surface area contributed by atoms with Crippen LogP contribution in [0.25, 0.3) is 11.8 Å². The lowest BCUT2D eigenvalue weighted by atomic mass is 10.2. The number of benzene rings is 2. The molecule has 1 N–H and O–H groups in total. The van der Waals surface area contributed by atoms with Gasteiger partial charge in [0.15, 0.2) is 6.61 Å². The predicted molar refractivity (Wildman–Crippen MR) is 116 cm³/mol. The molecule has 2 aromatic carbocycles. The van der Waals surface area contributed by atoms with Gasteiger partial charge in [-0.15, -0.1) is 0 Å². The van der Waals surface area contributed by atoms with Crippen LogP contribution in [0.15, 0.2) is 65.5 Å². The van der Waals surface area contributed by atoms with E-state index < -0.39 is 18.5 Å². The van der Waals surface area contributed by atoms with E-state index in [-0.39, 0.29) is 11.2 Å². The van der Waals surface area contributed by atoms with Crippen molar-refractivity contribution in [3.05, 3.63) is 87.3 Å². The van der Waals surface area contributed by atoms with Crippen LogP contribution >= 0.6 is 11.6 Å². The van der Waals surface area contributed by atoms with E-state index in [2.05, 4.69) is 5.32 Å². The van der Waals surface area contributed by atoms with E-state index in [0.29, 0.717) is 16.4 Å². The van der Waals surface area contributed by atoms with E-state index in [0.717, 1.165) is 5.56 Å². The third-order valence-corrected chi connectivity index (χ3v) is 4.66. The number of amides is 1. The zero-order valence-electron chi connectivity index (χ0n) is 16.5. The van der Waals surface area contributed by atoms with Gasteiger partial charge in [0, 0.05) is 18.1 Å². The number of nitrogens with zero attached hydrogens (tertiary/aromatic N) is 2. The van der Waals surface area contributed by atoms with Crippen LogP contribution in [0.3, 0.4) is 0 Å². The highest BCUT2D eigenvalue weighted by Gasteiger charge is 2.18. The Kier molecular flexibility index (Phi) is 6.54. The van der Waals surface area contributed by atoms with Crippen molar-refractivity contribution < 1.29 is 14.3 Å². The van der Waals surface area contributed by atoms with Gasteiger partial charge in [0.05, 0.1) is 11.4 Å². The van der Waals surface area contributed by atoms with Crippen molar-refractivity contribution in [2.24, 2.45) is 7.05 Å². The van der Waals surface area contributed by atoms with Gasteiger partial charge in [-0.25, -0.2) is 9.48 Å². The number of carbonyl (C=O) groups is 2. The van der Waals surface area contributed by atoms with E-state index in [1.165, 1.54) is 16.8 Å².